The average Bonchev–Trinajstić information content (AvgIpc) is 2.41. The molecular formula is C13H19F3N4O. The monoisotopic (exact) mass is 304 g/mol. The summed E-state index contributed by atoms with van der Waals surface area (Å²) in [4.78, 5) is 9.61. The second-order valence-electron chi connectivity index (χ2n) is 5.06. The minimum Gasteiger partial charge on any atom is -0.474 e. The molecule has 0 bridgehead atoms. The summed E-state index contributed by atoms with van der Waals surface area (Å²) < 4.78 is 44.1. The zero-order chi connectivity index (χ0) is 15.5. The number of nitrogens with one attached hydrogen (secondary N) is 1. The van der Waals surface area contributed by atoms with Gasteiger partial charge in [0.2, 0.25) is 11.8 Å². The van der Waals surface area contributed by atoms with Gasteiger partial charge in [0, 0.05) is 25.7 Å². The van der Waals surface area contributed by atoms with Crippen molar-refractivity contribution in [3.63, 3.8) is 0 Å². The smallest absolute Gasteiger partial charge is 0.433 e. The Labute approximate surface area is 121 Å². The highest BCUT2D eigenvalue weighted by molar-refractivity contribution is 5.32. The van der Waals surface area contributed by atoms with Crippen molar-refractivity contribution in [1.29, 1.82) is 0 Å². The molecular weight excluding hydrogens is 285 g/mol. The third kappa shape index (κ3) is 4.45. The zero-order valence-corrected chi connectivity index (χ0v) is 12.1. The first kappa shape index (κ1) is 15.8. The summed E-state index contributed by atoms with van der Waals surface area (Å²) in [6.07, 6.45) is -3.07. The van der Waals surface area contributed by atoms with Crippen molar-refractivity contribution in [2.75, 3.05) is 32.0 Å². The third-order valence-electron chi connectivity index (χ3n) is 3.28. The van der Waals surface area contributed by atoms with E-state index in [4.69, 9.17) is 4.74 Å². The summed E-state index contributed by atoms with van der Waals surface area (Å²) in [6, 6.07) is 0.860. The molecule has 0 saturated carbocycles. The third-order valence-corrected chi connectivity index (χ3v) is 3.28. The lowest BCUT2D eigenvalue weighted by Gasteiger charge is -2.29. The van der Waals surface area contributed by atoms with Crippen LogP contribution in [0.25, 0.3) is 0 Å². The number of ether oxygens (including phenoxy) is 1. The minimum absolute atomic E-state index is 0.0252. The number of halogens is 3. The molecule has 0 unspecified atom stereocenters. The predicted octanol–water partition coefficient (Wildman–Crippen LogP) is 2.40. The molecule has 1 aliphatic heterocycles. The highest BCUT2D eigenvalue weighted by Crippen LogP contribution is 2.30. The van der Waals surface area contributed by atoms with Gasteiger partial charge < -0.3 is 15.0 Å². The van der Waals surface area contributed by atoms with Crippen LogP contribution in [0.2, 0.25) is 0 Å². The number of rotatable bonds is 4. The molecule has 1 aromatic heterocycles. The Balaban J connectivity index is 2.15. The second-order valence-corrected chi connectivity index (χ2v) is 5.06. The second kappa shape index (κ2) is 6.46. The highest BCUT2D eigenvalue weighted by atomic mass is 19.4. The number of piperidine rings is 1. The lowest BCUT2D eigenvalue weighted by atomic mass is 10.1. The normalized spacial score (nSPS) is 17.8. The van der Waals surface area contributed by atoms with Crippen molar-refractivity contribution in [2.45, 2.75) is 32.0 Å². The molecule has 0 amide bonds. The van der Waals surface area contributed by atoms with Crippen LogP contribution in [0.5, 0.6) is 5.88 Å². The van der Waals surface area contributed by atoms with Crippen molar-refractivity contribution in [1.82, 2.24) is 14.9 Å². The van der Waals surface area contributed by atoms with Crippen LogP contribution in [0.1, 0.15) is 25.5 Å². The first-order valence-electron chi connectivity index (χ1n) is 6.94. The molecule has 1 fully saturated rings. The Kier molecular flexibility index (Phi) is 4.87. The molecule has 0 aromatic carbocycles. The molecule has 8 heteroatoms. The van der Waals surface area contributed by atoms with Gasteiger partial charge in [-0.3, -0.25) is 0 Å². The molecule has 0 spiro atoms. The van der Waals surface area contributed by atoms with Gasteiger partial charge >= 0.3 is 6.18 Å². The van der Waals surface area contributed by atoms with E-state index in [0.717, 1.165) is 32.0 Å². The first-order chi connectivity index (χ1) is 9.88. The van der Waals surface area contributed by atoms with Crippen molar-refractivity contribution < 1.29 is 17.9 Å². The fourth-order valence-electron chi connectivity index (χ4n) is 2.14. The van der Waals surface area contributed by atoms with Crippen LogP contribution in [-0.2, 0) is 6.18 Å². The lowest BCUT2D eigenvalue weighted by Crippen LogP contribution is -2.35. The van der Waals surface area contributed by atoms with Crippen molar-refractivity contribution >= 4 is 5.95 Å². The highest BCUT2D eigenvalue weighted by Gasteiger charge is 2.34. The van der Waals surface area contributed by atoms with Crippen molar-refractivity contribution in [3.05, 3.63) is 11.8 Å². The Bertz CT molecular complexity index is 473. The van der Waals surface area contributed by atoms with E-state index in [1.807, 2.05) is 7.05 Å². The first-order valence-corrected chi connectivity index (χ1v) is 6.94. The van der Waals surface area contributed by atoms with E-state index < -0.39 is 11.9 Å². The molecule has 5 nitrogen and oxygen atoms in total. The summed E-state index contributed by atoms with van der Waals surface area (Å²) >= 11 is 0. The average molecular weight is 304 g/mol. The van der Waals surface area contributed by atoms with Gasteiger partial charge in [-0.1, -0.05) is 0 Å². The SMILES string of the molecule is CCNc1nc(OC2CCN(C)CC2)cc(C(F)(F)F)n1. The van der Waals surface area contributed by atoms with Crippen LogP contribution in [0, 0.1) is 0 Å². The standard InChI is InChI=1S/C13H19F3N4O/c1-3-17-12-18-10(13(14,15)16)8-11(19-12)21-9-4-6-20(2)7-5-9/h8-9H,3-7H2,1-2H3,(H,17,18,19). The number of anilines is 1. The molecule has 1 aromatic rings. The number of hydrogen-bond donors (Lipinski definition) is 1. The molecule has 118 valence electrons. The van der Waals surface area contributed by atoms with Crippen LogP contribution in [0.4, 0.5) is 19.1 Å². The van der Waals surface area contributed by atoms with E-state index in [1.54, 1.807) is 6.92 Å². The Morgan fingerprint density at radius 3 is 2.57 bits per heavy atom. The van der Waals surface area contributed by atoms with E-state index in [1.165, 1.54) is 0 Å². The Morgan fingerprint density at radius 1 is 1.33 bits per heavy atom. The zero-order valence-electron chi connectivity index (χ0n) is 12.1. The van der Waals surface area contributed by atoms with Crippen LogP contribution in [0.3, 0.4) is 0 Å². The molecule has 2 heterocycles. The molecule has 0 aliphatic carbocycles. The summed E-state index contributed by atoms with van der Waals surface area (Å²) in [5, 5.41) is 2.69. The summed E-state index contributed by atoms with van der Waals surface area (Å²) in [5.41, 5.74) is -0.989. The largest absolute Gasteiger partial charge is 0.474 e. The molecule has 21 heavy (non-hydrogen) atoms. The number of likely N-dealkylation sites (tertiary alicyclic amines) is 1. The van der Waals surface area contributed by atoms with Gasteiger partial charge in [0.25, 0.3) is 0 Å². The van der Waals surface area contributed by atoms with Gasteiger partial charge in [0.15, 0.2) is 5.69 Å². The van der Waals surface area contributed by atoms with Crippen LogP contribution in [-0.4, -0.2) is 47.7 Å². The van der Waals surface area contributed by atoms with E-state index in [-0.39, 0.29) is 17.9 Å². The number of aromatic nitrogens is 2. The predicted molar refractivity (Wildman–Crippen MR) is 72.3 cm³/mol. The maximum atomic E-state index is 12.8. The van der Waals surface area contributed by atoms with Crippen LogP contribution >= 0.6 is 0 Å². The Hall–Kier alpha value is -1.57. The molecule has 1 saturated heterocycles. The molecule has 2 rings (SSSR count). The number of nitrogens with zero attached hydrogens (tertiary/aromatic N) is 3. The molecule has 1 N–H and O–H groups in total. The van der Waals surface area contributed by atoms with Gasteiger partial charge in [-0.2, -0.15) is 18.2 Å². The van der Waals surface area contributed by atoms with Crippen molar-refractivity contribution in [3.8, 4) is 5.88 Å². The fourth-order valence-corrected chi connectivity index (χ4v) is 2.14. The van der Waals surface area contributed by atoms with Gasteiger partial charge in [-0.25, -0.2) is 4.98 Å². The fraction of sp³-hybridized carbons (Fsp3) is 0.692. The van der Waals surface area contributed by atoms with E-state index >= 15 is 0 Å². The Morgan fingerprint density at radius 2 is 2.00 bits per heavy atom. The minimum atomic E-state index is -4.52. The van der Waals surface area contributed by atoms with E-state index in [2.05, 4.69) is 20.2 Å². The maximum absolute atomic E-state index is 12.8. The van der Waals surface area contributed by atoms with Crippen molar-refractivity contribution in [2.24, 2.45) is 0 Å². The quantitative estimate of drug-likeness (QED) is 0.925. The van der Waals surface area contributed by atoms with E-state index in [9.17, 15) is 13.2 Å². The van der Waals surface area contributed by atoms with Crippen LogP contribution < -0.4 is 10.1 Å². The molecule has 1 aliphatic rings. The van der Waals surface area contributed by atoms with Gasteiger partial charge in [0.05, 0.1) is 0 Å². The number of hydrogen-bond acceptors (Lipinski definition) is 5. The maximum Gasteiger partial charge on any atom is 0.433 e. The topological polar surface area (TPSA) is 50.3 Å². The molecule has 0 atom stereocenters. The van der Waals surface area contributed by atoms with Gasteiger partial charge in [-0.05, 0) is 26.8 Å². The summed E-state index contributed by atoms with van der Waals surface area (Å²) in [7, 11) is 2.01. The molecule has 0 radical (unpaired) electrons. The summed E-state index contributed by atoms with van der Waals surface area (Å²) in [6.45, 7) is 3.93. The van der Waals surface area contributed by atoms with Crippen LogP contribution in [0.15, 0.2) is 6.07 Å². The lowest BCUT2D eigenvalue weighted by molar-refractivity contribution is -0.141. The van der Waals surface area contributed by atoms with Gasteiger partial charge in [0.1, 0.15) is 6.10 Å². The summed E-state index contributed by atoms with van der Waals surface area (Å²) in [5.74, 6) is -0.0851. The van der Waals surface area contributed by atoms with E-state index in [0.29, 0.717) is 6.54 Å². The van der Waals surface area contributed by atoms with Gasteiger partial charge in [-0.15, -0.1) is 0 Å². The number of alkyl halides is 3.